The number of rotatable bonds is 4. The van der Waals surface area contributed by atoms with Gasteiger partial charge in [-0.25, -0.2) is 4.98 Å². The summed E-state index contributed by atoms with van der Waals surface area (Å²) in [5, 5.41) is 4.56. The van der Waals surface area contributed by atoms with E-state index < -0.39 is 0 Å². The van der Waals surface area contributed by atoms with E-state index in [1.165, 1.54) is 0 Å². The Morgan fingerprint density at radius 3 is 2.75 bits per heavy atom. The summed E-state index contributed by atoms with van der Waals surface area (Å²) in [7, 11) is 0. The van der Waals surface area contributed by atoms with Crippen LogP contribution in [0.5, 0.6) is 0 Å². The highest BCUT2D eigenvalue weighted by Gasteiger charge is 2.04. The van der Waals surface area contributed by atoms with Gasteiger partial charge in [-0.15, -0.1) is 0 Å². The summed E-state index contributed by atoms with van der Waals surface area (Å²) in [6.07, 6.45) is 1.61. The van der Waals surface area contributed by atoms with E-state index in [2.05, 4.69) is 10.1 Å². The fourth-order valence-corrected chi connectivity index (χ4v) is 1.85. The number of benzene rings is 2. The zero-order valence-corrected chi connectivity index (χ0v) is 11.2. The van der Waals surface area contributed by atoms with E-state index in [4.69, 9.17) is 20.9 Å². The molecule has 0 fully saturated rings. The summed E-state index contributed by atoms with van der Waals surface area (Å²) in [5.41, 5.74) is 2.47. The van der Waals surface area contributed by atoms with Crippen LogP contribution < -0.4 is 0 Å². The number of aromatic nitrogens is 1. The number of halogens is 1. The normalized spacial score (nSPS) is 11.2. The van der Waals surface area contributed by atoms with Gasteiger partial charge in [-0.1, -0.05) is 41.0 Å². The third-order valence-electron chi connectivity index (χ3n) is 2.67. The van der Waals surface area contributed by atoms with Crippen LogP contribution in [-0.4, -0.2) is 11.2 Å². The van der Waals surface area contributed by atoms with Crippen molar-refractivity contribution in [2.75, 3.05) is 0 Å². The highest BCUT2D eigenvalue weighted by molar-refractivity contribution is 6.30. The molecule has 3 rings (SSSR count). The van der Waals surface area contributed by atoms with Gasteiger partial charge in [0.15, 0.2) is 12.2 Å². The third kappa shape index (κ3) is 2.97. The Kier molecular flexibility index (Phi) is 3.65. The number of fused-ring (bicyclic) bond motifs is 1. The first-order valence-corrected chi connectivity index (χ1v) is 6.44. The number of nitrogens with zero attached hydrogens (tertiary/aromatic N) is 2. The molecule has 5 heteroatoms. The Morgan fingerprint density at radius 1 is 1.15 bits per heavy atom. The fraction of sp³-hybridized carbons (Fsp3) is 0.0667. The van der Waals surface area contributed by atoms with Crippen molar-refractivity contribution >= 4 is 28.9 Å². The Bertz CT molecular complexity index is 702. The lowest BCUT2D eigenvalue weighted by atomic mass is 10.2. The van der Waals surface area contributed by atoms with Crippen LogP contribution in [-0.2, 0) is 11.4 Å². The molecule has 0 saturated carbocycles. The van der Waals surface area contributed by atoms with Gasteiger partial charge in [-0.2, -0.15) is 0 Å². The first-order chi connectivity index (χ1) is 9.81. The molecule has 0 aliphatic carbocycles. The molecular formula is C15H11ClN2O2. The molecule has 1 aromatic heterocycles. The summed E-state index contributed by atoms with van der Waals surface area (Å²) in [6, 6.07) is 14.9. The molecule has 0 amide bonds. The van der Waals surface area contributed by atoms with E-state index >= 15 is 0 Å². The Labute approximate surface area is 120 Å². The molecule has 4 nitrogen and oxygen atoms in total. The van der Waals surface area contributed by atoms with E-state index in [1.54, 1.807) is 18.3 Å². The number of oxime groups is 1. The molecule has 20 heavy (non-hydrogen) atoms. The number of hydrogen-bond donors (Lipinski definition) is 0. The monoisotopic (exact) mass is 286 g/mol. The van der Waals surface area contributed by atoms with Crippen LogP contribution in [0.4, 0.5) is 0 Å². The first kappa shape index (κ1) is 12.7. The average molecular weight is 287 g/mol. The predicted molar refractivity (Wildman–Crippen MR) is 77.8 cm³/mol. The van der Waals surface area contributed by atoms with Gasteiger partial charge in [-0.05, 0) is 29.8 Å². The summed E-state index contributed by atoms with van der Waals surface area (Å²) >= 11 is 5.80. The van der Waals surface area contributed by atoms with Crippen LogP contribution in [0.25, 0.3) is 11.1 Å². The fourth-order valence-electron chi connectivity index (χ4n) is 1.72. The zero-order valence-electron chi connectivity index (χ0n) is 10.5. The van der Waals surface area contributed by atoms with E-state index in [9.17, 15) is 0 Å². The molecule has 0 atom stereocenters. The third-order valence-corrected chi connectivity index (χ3v) is 2.92. The minimum absolute atomic E-state index is 0.193. The first-order valence-electron chi connectivity index (χ1n) is 6.06. The van der Waals surface area contributed by atoms with Gasteiger partial charge in [0.25, 0.3) is 0 Å². The lowest BCUT2D eigenvalue weighted by Gasteiger charge is -1.95. The largest absolute Gasteiger partial charge is 0.437 e. The lowest BCUT2D eigenvalue weighted by Crippen LogP contribution is -1.88. The highest BCUT2D eigenvalue weighted by atomic mass is 35.5. The topological polar surface area (TPSA) is 47.6 Å². The molecule has 0 bridgehead atoms. The quantitative estimate of drug-likeness (QED) is 0.537. The number of para-hydroxylation sites is 2. The maximum absolute atomic E-state index is 5.80. The summed E-state index contributed by atoms with van der Waals surface area (Å²) < 4.78 is 5.51. The highest BCUT2D eigenvalue weighted by Crippen LogP contribution is 2.15. The maximum Gasteiger partial charge on any atom is 0.236 e. The molecule has 1 heterocycles. The van der Waals surface area contributed by atoms with Crippen molar-refractivity contribution in [2.24, 2.45) is 5.16 Å². The number of hydrogen-bond acceptors (Lipinski definition) is 4. The van der Waals surface area contributed by atoms with Gasteiger partial charge >= 0.3 is 0 Å². The van der Waals surface area contributed by atoms with Crippen molar-refractivity contribution < 1.29 is 9.25 Å². The van der Waals surface area contributed by atoms with E-state index in [0.29, 0.717) is 10.9 Å². The van der Waals surface area contributed by atoms with Gasteiger partial charge in [0.1, 0.15) is 5.52 Å². The van der Waals surface area contributed by atoms with Crippen LogP contribution in [0.2, 0.25) is 5.02 Å². The zero-order chi connectivity index (χ0) is 13.8. The minimum Gasteiger partial charge on any atom is -0.437 e. The molecule has 2 aromatic carbocycles. The van der Waals surface area contributed by atoms with Gasteiger partial charge in [0, 0.05) is 5.02 Å². The molecule has 0 N–H and O–H groups in total. The molecule has 0 radical (unpaired) electrons. The molecule has 0 aliphatic rings. The van der Waals surface area contributed by atoms with Crippen molar-refractivity contribution in [1.82, 2.24) is 4.98 Å². The van der Waals surface area contributed by atoms with Crippen LogP contribution in [0, 0.1) is 0 Å². The molecule has 0 aliphatic heterocycles. The van der Waals surface area contributed by atoms with E-state index in [0.717, 1.165) is 16.7 Å². The average Bonchev–Trinajstić information content (AvgIpc) is 2.88. The summed E-state index contributed by atoms with van der Waals surface area (Å²) in [4.78, 5) is 9.45. The van der Waals surface area contributed by atoms with Crippen molar-refractivity contribution in [3.05, 3.63) is 65.0 Å². The van der Waals surface area contributed by atoms with Gasteiger partial charge in [0.05, 0.1) is 6.21 Å². The molecule has 0 spiro atoms. The van der Waals surface area contributed by atoms with Crippen LogP contribution in [0.1, 0.15) is 11.5 Å². The SMILES string of the molecule is Clc1ccc(/C=N\OCc2nc3ccccc3o2)cc1. The Hall–Kier alpha value is -2.33. The van der Waals surface area contributed by atoms with Crippen molar-refractivity contribution in [3.8, 4) is 0 Å². The maximum atomic E-state index is 5.80. The molecular weight excluding hydrogens is 276 g/mol. The van der Waals surface area contributed by atoms with E-state index in [1.807, 2.05) is 36.4 Å². The molecule has 0 unspecified atom stereocenters. The van der Waals surface area contributed by atoms with Gasteiger partial charge < -0.3 is 9.25 Å². The second kappa shape index (κ2) is 5.75. The van der Waals surface area contributed by atoms with Crippen molar-refractivity contribution in [1.29, 1.82) is 0 Å². The van der Waals surface area contributed by atoms with Crippen molar-refractivity contribution in [2.45, 2.75) is 6.61 Å². The molecule has 100 valence electrons. The second-order valence-electron chi connectivity index (χ2n) is 4.13. The van der Waals surface area contributed by atoms with Crippen LogP contribution in [0.3, 0.4) is 0 Å². The summed E-state index contributed by atoms with van der Waals surface area (Å²) in [6.45, 7) is 0.193. The second-order valence-corrected chi connectivity index (χ2v) is 4.57. The Morgan fingerprint density at radius 2 is 1.95 bits per heavy atom. The number of oxazole rings is 1. The van der Waals surface area contributed by atoms with E-state index in [-0.39, 0.29) is 6.61 Å². The van der Waals surface area contributed by atoms with Gasteiger partial charge in [0.2, 0.25) is 5.89 Å². The van der Waals surface area contributed by atoms with Crippen LogP contribution >= 0.6 is 11.6 Å². The molecule has 0 saturated heterocycles. The standard InChI is InChI=1S/C15H11ClN2O2/c16-12-7-5-11(6-8-12)9-17-19-10-15-18-13-3-1-2-4-14(13)20-15/h1-9H,10H2/b17-9-. The van der Waals surface area contributed by atoms with Crippen LogP contribution in [0.15, 0.2) is 58.1 Å². The smallest absolute Gasteiger partial charge is 0.236 e. The lowest BCUT2D eigenvalue weighted by molar-refractivity contribution is 0.113. The van der Waals surface area contributed by atoms with Crippen molar-refractivity contribution in [3.63, 3.8) is 0 Å². The summed E-state index contributed by atoms with van der Waals surface area (Å²) in [5.74, 6) is 0.499. The predicted octanol–water partition coefficient (Wildman–Crippen LogP) is 4.03. The van der Waals surface area contributed by atoms with Gasteiger partial charge in [-0.3, -0.25) is 0 Å². The molecule has 3 aromatic rings. The Balaban J connectivity index is 1.60. The minimum atomic E-state index is 0.193.